The first-order chi connectivity index (χ1) is 8.04. The molecule has 1 amide bonds. The first-order valence-electron chi connectivity index (χ1n) is 5.28. The van der Waals surface area contributed by atoms with Crippen LogP contribution in [0.3, 0.4) is 0 Å². The number of carbonyl (C=O) groups is 1. The Morgan fingerprint density at radius 3 is 2.47 bits per heavy atom. The van der Waals surface area contributed by atoms with Gasteiger partial charge in [0.05, 0.1) is 11.6 Å². The predicted octanol–water partition coefficient (Wildman–Crippen LogP) is 0.580. The van der Waals surface area contributed by atoms with Gasteiger partial charge in [0.2, 0.25) is 0 Å². The van der Waals surface area contributed by atoms with Crippen molar-refractivity contribution in [2.75, 3.05) is 20.2 Å². The third-order valence-electron chi connectivity index (χ3n) is 2.36. The molecule has 0 fully saturated rings. The maximum atomic E-state index is 11.8. The minimum Gasteiger partial charge on any atom is -0.395 e. The van der Waals surface area contributed by atoms with E-state index in [4.69, 9.17) is 23.1 Å². The van der Waals surface area contributed by atoms with E-state index in [0.717, 1.165) is 5.56 Å². The van der Waals surface area contributed by atoms with Crippen LogP contribution in [0.25, 0.3) is 0 Å². The average Bonchev–Trinajstić information content (AvgIpc) is 2.28. The van der Waals surface area contributed by atoms with E-state index in [2.05, 4.69) is 0 Å². The smallest absolute Gasteiger partial charge is 0.253 e. The van der Waals surface area contributed by atoms with Crippen molar-refractivity contribution in [3.8, 4) is 0 Å². The number of thiocarbonyl (C=S) groups is 1. The Balaban J connectivity index is 2.73. The molecular weight excluding hydrogens is 236 g/mol. The summed E-state index contributed by atoms with van der Waals surface area (Å²) in [6, 6.07) is 7.14. The van der Waals surface area contributed by atoms with Crippen LogP contribution in [0.2, 0.25) is 0 Å². The fourth-order valence-corrected chi connectivity index (χ4v) is 1.60. The van der Waals surface area contributed by atoms with Gasteiger partial charge in [0.15, 0.2) is 0 Å². The summed E-state index contributed by atoms with van der Waals surface area (Å²) in [5.74, 6) is -0.110. The molecule has 0 saturated heterocycles. The van der Waals surface area contributed by atoms with Crippen molar-refractivity contribution >= 4 is 23.1 Å². The summed E-state index contributed by atoms with van der Waals surface area (Å²) >= 11 is 4.81. The fourth-order valence-electron chi connectivity index (χ4n) is 1.44. The highest BCUT2D eigenvalue weighted by Crippen LogP contribution is 2.07. The van der Waals surface area contributed by atoms with E-state index in [9.17, 15) is 4.79 Å². The minimum absolute atomic E-state index is 0.0399. The third-order valence-corrected chi connectivity index (χ3v) is 2.51. The molecule has 92 valence electrons. The zero-order valence-electron chi connectivity index (χ0n) is 9.72. The molecule has 1 aromatic carbocycles. The van der Waals surface area contributed by atoms with Crippen molar-refractivity contribution in [3.05, 3.63) is 35.4 Å². The number of nitrogens with two attached hydrogens (primary N) is 1. The highest BCUT2D eigenvalue weighted by molar-refractivity contribution is 7.80. The van der Waals surface area contributed by atoms with Crippen LogP contribution in [0, 0.1) is 0 Å². The fraction of sp³-hybridized carbons (Fsp3) is 0.333. The molecule has 5 heteroatoms. The van der Waals surface area contributed by atoms with Gasteiger partial charge in [-0.25, -0.2) is 0 Å². The van der Waals surface area contributed by atoms with Crippen LogP contribution in [-0.2, 0) is 6.42 Å². The van der Waals surface area contributed by atoms with Crippen LogP contribution in [0.1, 0.15) is 15.9 Å². The molecule has 0 saturated carbocycles. The maximum absolute atomic E-state index is 11.8. The number of benzene rings is 1. The predicted molar refractivity (Wildman–Crippen MR) is 71.0 cm³/mol. The summed E-state index contributed by atoms with van der Waals surface area (Å²) in [5.41, 5.74) is 7.01. The van der Waals surface area contributed by atoms with Gasteiger partial charge in [-0.3, -0.25) is 4.79 Å². The largest absolute Gasteiger partial charge is 0.395 e. The van der Waals surface area contributed by atoms with Gasteiger partial charge in [-0.1, -0.05) is 24.4 Å². The highest BCUT2D eigenvalue weighted by Gasteiger charge is 2.10. The van der Waals surface area contributed by atoms with Gasteiger partial charge in [-0.15, -0.1) is 0 Å². The summed E-state index contributed by atoms with van der Waals surface area (Å²) in [7, 11) is 1.65. The standard InChI is InChI=1S/C12H16N2O2S/c1-14(6-7-15)12(16)10-4-2-9(3-5-10)8-11(13)17/h2-5,15H,6-8H2,1H3,(H2,13,17). The molecule has 1 aromatic rings. The maximum Gasteiger partial charge on any atom is 0.253 e. The number of hydrogen-bond donors (Lipinski definition) is 2. The lowest BCUT2D eigenvalue weighted by molar-refractivity contribution is 0.0767. The number of hydrogen-bond acceptors (Lipinski definition) is 3. The van der Waals surface area contributed by atoms with Crippen LogP contribution in [0.4, 0.5) is 0 Å². The summed E-state index contributed by atoms with van der Waals surface area (Å²) in [6.45, 7) is 0.287. The molecule has 0 aromatic heterocycles. The zero-order chi connectivity index (χ0) is 12.8. The number of likely N-dealkylation sites (N-methyl/N-ethyl adjacent to an activating group) is 1. The lowest BCUT2D eigenvalue weighted by Gasteiger charge is -2.15. The number of aliphatic hydroxyl groups excluding tert-OH is 1. The second-order valence-corrected chi connectivity index (χ2v) is 4.31. The van der Waals surface area contributed by atoms with E-state index in [1.54, 1.807) is 19.2 Å². The lowest BCUT2D eigenvalue weighted by atomic mass is 10.1. The van der Waals surface area contributed by atoms with E-state index >= 15 is 0 Å². The lowest BCUT2D eigenvalue weighted by Crippen LogP contribution is -2.29. The second kappa shape index (κ2) is 6.32. The van der Waals surface area contributed by atoms with Crippen molar-refractivity contribution in [2.24, 2.45) is 5.73 Å². The molecule has 1 rings (SSSR count). The van der Waals surface area contributed by atoms with E-state index in [0.29, 0.717) is 23.5 Å². The number of aliphatic hydroxyl groups is 1. The monoisotopic (exact) mass is 252 g/mol. The Labute approximate surface area is 106 Å². The number of carbonyl (C=O) groups excluding carboxylic acids is 1. The van der Waals surface area contributed by atoms with Gasteiger partial charge >= 0.3 is 0 Å². The molecule has 0 unspecified atom stereocenters. The molecule has 3 N–H and O–H groups in total. The Bertz CT molecular complexity index is 403. The van der Waals surface area contributed by atoms with Gasteiger partial charge < -0.3 is 15.7 Å². The molecular formula is C12H16N2O2S. The minimum atomic E-state index is -0.110. The van der Waals surface area contributed by atoms with Crippen LogP contribution in [0.15, 0.2) is 24.3 Å². The molecule has 4 nitrogen and oxygen atoms in total. The Hall–Kier alpha value is -1.46. The molecule has 0 aliphatic carbocycles. The van der Waals surface area contributed by atoms with Gasteiger partial charge in [-0.05, 0) is 17.7 Å². The SMILES string of the molecule is CN(CCO)C(=O)c1ccc(CC(N)=S)cc1. The quantitative estimate of drug-likeness (QED) is 0.752. The van der Waals surface area contributed by atoms with Gasteiger partial charge in [0.25, 0.3) is 5.91 Å². The average molecular weight is 252 g/mol. The molecule has 0 aliphatic rings. The number of nitrogens with zero attached hydrogens (tertiary/aromatic N) is 1. The Morgan fingerprint density at radius 2 is 2.00 bits per heavy atom. The molecule has 0 radical (unpaired) electrons. The molecule has 0 heterocycles. The van der Waals surface area contributed by atoms with E-state index in [1.165, 1.54) is 4.90 Å². The third kappa shape index (κ3) is 4.13. The van der Waals surface area contributed by atoms with Crippen molar-refractivity contribution in [2.45, 2.75) is 6.42 Å². The van der Waals surface area contributed by atoms with Gasteiger partial charge in [0.1, 0.15) is 0 Å². The normalized spacial score (nSPS) is 10.0. The topological polar surface area (TPSA) is 66.6 Å². The number of rotatable bonds is 5. The molecule has 0 bridgehead atoms. The summed E-state index contributed by atoms with van der Waals surface area (Å²) in [4.78, 5) is 13.7. The van der Waals surface area contributed by atoms with Crippen molar-refractivity contribution in [1.29, 1.82) is 0 Å². The number of amides is 1. The first kappa shape index (κ1) is 13.6. The van der Waals surface area contributed by atoms with E-state index in [1.807, 2.05) is 12.1 Å². The highest BCUT2D eigenvalue weighted by atomic mass is 32.1. The van der Waals surface area contributed by atoms with Crippen LogP contribution in [0.5, 0.6) is 0 Å². The van der Waals surface area contributed by atoms with Crippen LogP contribution < -0.4 is 5.73 Å². The molecule has 0 spiro atoms. The Morgan fingerprint density at radius 1 is 1.41 bits per heavy atom. The van der Waals surface area contributed by atoms with E-state index in [-0.39, 0.29) is 12.5 Å². The van der Waals surface area contributed by atoms with Crippen molar-refractivity contribution in [3.63, 3.8) is 0 Å². The Kier molecular flexibility index (Phi) is 5.06. The summed E-state index contributed by atoms with van der Waals surface area (Å²) in [6.07, 6.45) is 0.538. The van der Waals surface area contributed by atoms with Crippen molar-refractivity contribution in [1.82, 2.24) is 4.90 Å². The summed E-state index contributed by atoms with van der Waals surface area (Å²) < 4.78 is 0. The van der Waals surface area contributed by atoms with Crippen molar-refractivity contribution < 1.29 is 9.90 Å². The second-order valence-electron chi connectivity index (χ2n) is 3.79. The van der Waals surface area contributed by atoms with Crippen LogP contribution >= 0.6 is 12.2 Å². The molecule has 17 heavy (non-hydrogen) atoms. The summed E-state index contributed by atoms with van der Waals surface area (Å²) in [5, 5.41) is 8.75. The van der Waals surface area contributed by atoms with Gasteiger partial charge in [0, 0.05) is 25.6 Å². The van der Waals surface area contributed by atoms with Gasteiger partial charge in [-0.2, -0.15) is 0 Å². The molecule has 0 aliphatic heterocycles. The zero-order valence-corrected chi connectivity index (χ0v) is 10.5. The molecule has 0 atom stereocenters. The first-order valence-corrected chi connectivity index (χ1v) is 5.69. The van der Waals surface area contributed by atoms with E-state index < -0.39 is 0 Å². The van der Waals surface area contributed by atoms with Crippen LogP contribution in [-0.4, -0.2) is 41.1 Å².